The number of rotatable bonds is 32. The van der Waals surface area contributed by atoms with Gasteiger partial charge in [-0.15, -0.1) is 0 Å². The van der Waals surface area contributed by atoms with E-state index in [4.69, 9.17) is 19.3 Å². The summed E-state index contributed by atoms with van der Waals surface area (Å²) in [5.74, 6) is -0.903. The summed E-state index contributed by atoms with van der Waals surface area (Å²) in [6.45, 7) is 3.53. The summed E-state index contributed by atoms with van der Waals surface area (Å²) in [7, 11) is -4.73. The molecule has 0 aromatic heterocycles. The lowest BCUT2D eigenvalue weighted by Crippen LogP contribution is -2.29. The predicted octanol–water partition coefficient (Wildman–Crippen LogP) is 9.90. The molecule has 0 heterocycles. The van der Waals surface area contributed by atoms with E-state index < -0.39 is 32.5 Å². The Morgan fingerprint density at radius 2 is 0.977 bits per heavy atom. The van der Waals surface area contributed by atoms with E-state index in [9.17, 15) is 14.2 Å². The predicted molar refractivity (Wildman–Crippen MR) is 175 cm³/mol. The Hall–Kier alpha value is -1.21. The maximum absolute atomic E-state index is 12.3. The lowest BCUT2D eigenvalue weighted by atomic mass is 10.1. The fraction of sp³-hybridized carbons (Fsp3) is 0.882. The van der Waals surface area contributed by atoms with Crippen molar-refractivity contribution in [2.24, 2.45) is 0 Å². The van der Waals surface area contributed by atoms with Crippen LogP contribution in [-0.2, 0) is 28.2 Å². The van der Waals surface area contributed by atoms with Crippen LogP contribution in [0.2, 0.25) is 0 Å². The molecular formula is C34H65O8P. The van der Waals surface area contributed by atoms with E-state index in [1.165, 1.54) is 96.3 Å². The molecule has 8 nitrogen and oxygen atoms in total. The molecule has 254 valence electrons. The largest absolute Gasteiger partial charge is 0.469 e. The zero-order valence-corrected chi connectivity index (χ0v) is 28.5. The Labute approximate surface area is 263 Å². The molecule has 1 atom stereocenters. The molecule has 0 saturated heterocycles. The fourth-order valence-electron chi connectivity index (χ4n) is 4.90. The van der Waals surface area contributed by atoms with Gasteiger partial charge in [0.05, 0.1) is 6.61 Å². The first kappa shape index (κ1) is 41.8. The summed E-state index contributed by atoms with van der Waals surface area (Å²) in [6.07, 6.45) is 31.5. The standard InChI is InChI=1S/C34H65O8P/c1-3-5-7-9-10-11-12-13-14-15-16-17-18-19-20-21-22-23-24-25-27-29-34(36)42-32(31-41-43(37,38)39)30-40-33(35)28-26-8-6-4-2/h15-16,32H,3-14,17-31H2,1-2H3,(H2,37,38,39)/b16-15-. The number of phosphoric ester groups is 1. The third kappa shape index (κ3) is 33.5. The minimum atomic E-state index is -4.73. The van der Waals surface area contributed by atoms with Crippen LogP contribution in [0.4, 0.5) is 0 Å². The van der Waals surface area contributed by atoms with Crippen molar-refractivity contribution < 1.29 is 37.9 Å². The Bertz CT molecular complexity index is 721. The van der Waals surface area contributed by atoms with Crippen LogP contribution in [0.25, 0.3) is 0 Å². The summed E-state index contributed by atoms with van der Waals surface area (Å²) in [5, 5.41) is 0. The Balaban J connectivity index is 3.77. The van der Waals surface area contributed by atoms with E-state index >= 15 is 0 Å². The fourth-order valence-corrected chi connectivity index (χ4v) is 5.26. The first-order valence-corrected chi connectivity index (χ1v) is 19.0. The van der Waals surface area contributed by atoms with E-state index in [0.717, 1.165) is 38.5 Å². The number of carbonyl (C=O) groups is 2. The van der Waals surface area contributed by atoms with Gasteiger partial charge in [0.15, 0.2) is 6.10 Å². The second-order valence-corrected chi connectivity index (χ2v) is 13.1. The number of phosphoric acid groups is 1. The van der Waals surface area contributed by atoms with Crippen molar-refractivity contribution in [2.45, 2.75) is 180 Å². The van der Waals surface area contributed by atoms with Crippen LogP contribution in [-0.4, -0.2) is 41.0 Å². The maximum atomic E-state index is 12.3. The van der Waals surface area contributed by atoms with Crippen molar-refractivity contribution in [3.63, 3.8) is 0 Å². The molecule has 0 aromatic carbocycles. The molecule has 0 aliphatic carbocycles. The monoisotopic (exact) mass is 632 g/mol. The minimum absolute atomic E-state index is 0.212. The van der Waals surface area contributed by atoms with Gasteiger partial charge in [-0.05, 0) is 38.5 Å². The van der Waals surface area contributed by atoms with Gasteiger partial charge in [0.1, 0.15) is 6.61 Å². The second kappa shape index (κ2) is 30.8. The molecule has 43 heavy (non-hydrogen) atoms. The number of unbranched alkanes of at least 4 members (excludes halogenated alkanes) is 20. The SMILES string of the molecule is CCCCCCCCCC/C=C\CCCCCCCCCCCC(=O)OC(COC(=O)CCCCCC)COP(=O)(O)O. The van der Waals surface area contributed by atoms with Crippen LogP contribution in [0.3, 0.4) is 0 Å². The first-order chi connectivity index (χ1) is 20.8. The van der Waals surface area contributed by atoms with Gasteiger partial charge in [-0.3, -0.25) is 14.1 Å². The molecule has 0 aromatic rings. The normalized spacial score (nSPS) is 12.6. The van der Waals surface area contributed by atoms with Crippen LogP contribution in [0.1, 0.15) is 174 Å². The highest BCUT2D eigenvalue weighted by Gasteiger charge is 2.22. The summed E-state index contributed by atoms with van der Waals surface area (Å²) in [5.41, 5.74) is 0. The van der Waals surface area contributed by atoms with E-state index in [2.05, 4.69) is 30.5 Å². The van der Waals surface area contributed by atoms with Gasteiger partial charge in [-0.25, -0.2) is 4.57 Å². The highest BCUT2D eigenvalue weighted by atomic mass is 31.2. The molecule has 1 unspecified atom stereocenters. The van der Waals surface area contributed by atoms with Gasteiger partial charge < -0.3 is 19.3 Å². The Kier molecular flexibility index (Phi) is 29.9. The van der Waals surface area contributed by atoms with Gasteiger partial charge in [0.2, 0.25) is 0 Å². The molecule has 0 radical (unpaired) electrons. The highest BCUT2D eigenvalue weighted by Crippen LogP contribution is 2.36. The van der Waals surface area contributed by atoms with Gasteiger partial charge in [-0.1, -0.05) is 135 Å². The molecule has 0 rings (SSSR count). The molecule has 0 spiro atoms. The van der Waals surface area contributed by atoms with Crippen molar-refractivity contribution >= 4 is 19.8 Å². The van der Waals surface area contributed by atoms with Gasteiger partial charge in [0, 0.05) is 12.8 Å². The van der Waals surface area contributed by atoms with Crippen molar-refractivity contribution in [1.29, 1.82) is 0 Å². The van der Waals surface area contributed by atoms with Crippen molar-refractivity contribution in [3.05, 3.63) is 12.2 Å². The summed E-state index contributed by atoms with van der Waals surface area (Å²) in [6, 6.07) is 0. The molecule has 2 N–H and O–H groups in total. The van der Waals surface area contributed by atoms with Crippen molar-refractivity contribution in [1.82, 2.24) is 0 Å². The van der Waals surface area contributed by atoms with Crippen LogP contribution < -0.4 is 0 Å². The third-order valence-electron chi connectivity index (χ3n) is 7.53. The van der Waals surface area contributed by atoms with Crippen LogP contribution in [0.15, 0.2) is 12.2 Å². The molecule has 0 bridgehead atoms. The average Bonchev–Trinajstić information content (AvgIpc) is 2.97. The molecule has 0 amide bonds. The number of carbonyl (C=O) groups excluding carboxylic acids is 2. The van der Waals surface area contributed by atoms with E-state index in [-0.39, 0.29) is 19.4 Å². The molecule has 0 fully saturated rings. The number of esters is 2. The van der Waals surface area contributed by atoms with Crippen LogP contribution in [0.5, 0.6) is 0 Å². The molecule has 0 aliphatic rings. The minimum Gasteiger partial charge on any atom is -0.462 e. The molecule has 9 heteroatoms. The summed E-state index contributed by atoms with van der Waals surface area (Å²) in [4.78, 5) is 42.1. The Morgan fingerprint density at radius 3 is 1.44 bits per heavy atom. The van der Waals surface area contributed by atoms with Gasteiger partial charge in [-0.2, -0.15) is 0 Å². The van der Waals surface area contributed by atoms with Gasteiger partial charge >= 0.3 is 19.8 Å². The van der Waals surface area contributed by atoms with Crippen LogP contribution in [0, 0.1) is 0 Å². The first-order valence-electron chi connectivity index (χ1n) is 17.5. The summed E-state index contributed by atoms with van der Waals surface area (Å²) < 4.78 is 26.0. The zero-order valence-electron chi connectivity index (χ0n) is 27.6. The molecule has 0 saturated carbocycles. The number of hydrogen-bond acceptors (Lipinski definition) is 6. The van der Waals surface area contributed by atoms with E-state index in [0.29, 0.717) is 12.8 Å². The lowest BCUT2D eigenvalue weighted by molar-refractivity contribution is -0.161. The number of hydrogen-bond donors (Lipinski definition) is 2. The quantitative estimate of drug-likeness (QED) is 0.0325. The molecule has 0 aliphatic heterocycles. The van der Waals surface area contributed by atoms with E-state index in [1.54, 1.807) is 0 Å². The summed E-state index contributed by atoms with van der Waals surface area (Å²) >= 11 is 0. The van der Waals surface area contributed by atoms with Crippen molar-refractivity contribution in [3.8, 4) is 0 Å². The topological polar surface area (TPSA) is 119 Å². The maximum Gasteiger partial charge on any atom is 0.469 e. The van der Waals surface area contributed by atoms with Crippen molar-refractivity contribution in [2.75, 3.05) is 13.2 Å². The third-order valence-corrected chi connectivity index (χ3v) is 8.02. The zero-order chi connectivity index (χ0) is 31.9. The van der Waals surface area contributed by atoms with E-state index in [1.807, 2.05) is 0 Å². The Morgan fingerprint density at radius 1 is 0.581 bits per heavy atom. The lowest BCUT2D eigenvalue weighted by Gasteiger charge is -2.18. The van der Waals surface area contributed by atoms with Gasteiger partial charge in [0.25, 0.3) is 0 Å². The molecular weight excluding hydrogens is 567 g/mol. The smallest absolute Gasteiger partial charge is 0.462 e. The number of allylic oxidation sites excluding steroid dienone is 2. The highest BCUT2D eigenvalue weighted by molar-refractivity contribution is 7.46. The van der Waals surface area contributed by atoms with Crippen LogP contribution >= 0.6 is 7.82 Å². The second-order valence-electron chi connectivity index (χ2n) is 11.8. The average molecular weight is 633 g/mol. The number of ether oxygens (including phenoxy) is 2.